The van der Waals surface area contributed by atoms with Crippen LogP contribution in [0.15, 0.2) is 36.5 Å². The summed E-state index contributed by atoms with van der Waals surface area (Å²) in [5.74, 6) is 0. The lowest BCUT2D eigenvalue weighted by Crippen LogP contribution is -2.11. The Morgan fingerprint density at radius 2 is 1.35 bits per heavy atom. The number of alkyl halides is 6. The number of hydrogen-bond donors (Lipinski definition) is 0. The van der Waals surface area contributed by atoms with Crippen molar-refractivity contribution in [3.8, 4) is 11.3 Å². The molecule has 0 N–H and O–H groups in total. The summed E-state index contributed by atoms with van der Waals surface area (Å²) in [4.78, 5) is 0. The lowest BCUT2D eigenvalue weighted by atomic mass is 10.0. The average Bonchev–Trinajstić information content (AvgIpc) is 2.37. The van der Waals surface area contributed by atoms with Crippen molar-refractivity contribution < 1.29 is 26.3 Å². The third kappa shape index (κ3) is 3.06. The molecule has 0 aliphatic carbocycles. The van der Waals surface area contributed by atoms with E-state index in [1.165, 1.54) is 18.3 Å². The van der Waals surface area contributed by atoms with Crippen molar-refractivity contribution >= 4 is 0 Å². The van der Waals surface area contributed by atoms with Gasteiger partial charge in [0.15, 0.2) is 0 Å². The van der Waals surface area contributed by atoms with E-state index in [-0.39, 0.29) is 17.3 Å². The summed E-state index contributed by atoms with van der Waals surface area (Å²) in [6.07, 6.45) is -8.49. The van der Waals surface area contributed by atoms with Gasteiger partial charge in [0.1, 0.15) is 0 Å². The molecule has 2 aromatic rings. The van der Waals surface area contributed by atoms with Crippen LogP contribution in [0.4, 0.5) is 26.3 Å². The summed E-state index contributed by atoms with van der Waals surface area (Å²) < 4.78 is 75.9. The number of benzene rings is 1. The topological polar surface area (TPSA) is 25.8 Å². The predicted octanol–water partition coefficient (Wildman–Crippen LogP) is 4.18. The monoisotopic (exact) mass is 292 g/mol. The van der Waals surface area contributed by atoms with Crippen molar-refractivity contribution in [3.63, 3.8) is 0 Å². The first-order valence-corrected chi connectivity index (χ1v) is 5.25. The van der Waals surface area contributed by atoms with Crippen molar-refractivity contribution in [2.75, 3.05) is 0 Å². The molecule has 8 heteroatoms. The lowest BCUT2D eigenvalue weighted by Gasteiger charge is -2.13. The number of halogens is 6. The second kappa shape index (κ2) is 4.77. The summed E-state index contributed by atoms with van der Waals surface area (Å²) in [5.41, 5.74) is -3.12. The molecule has 0 atom stereocenters. The maximum atomic E-state index is 12.6. The van der Waals surface area contributed by atoms with Gasteiger partial charge in [-0.15, -0.1) is 0 Å². The van der Waals surface area contributed by atoms with Crippen molar-refractivity contribution in [2.45, 2.75) is 12.4 Å². The molecular weight excluding hydrogens is 286 g/mol. The molecular formula is C12H6F6N2. The van der Waals surface area contributed by atoms with Gasteiger partial charge in [0, 0.05) is 11.8 Å². The number of nitrogens with zero attached hydrogens (tertiary/aromatic N) is 2. The zero-order valence-electron chi connectivity index (χ0n) is 9.63. The molecule has 2 rings (SSSR count). The first-order chi connectivity index (χ1) is 9.18. The van der Waals surface area contributed by atoms with E-state index in [9.17, 15) is 26.3 Å². The second-order valence-electron chi connectivity index (χ2n) is 3.90. The molecule has 0 aliphatic heterocycles. The Labute approximate surface area is 109 Å². The summed E-state index contributed by atoms with van der Waals surface area (Å²) >= 11 is 0. The maximum absolute atomic E-state index is 12.6. The van der Waals surface area contributed by atoms with Crippen LogP contribution in [0.5, 0.6) is 0 Å². The molecule has 20 heavy (non-hydrogen) atoms. The van der Waals surface area contributed by atoms with Crippen LogP contribution in [0.3, 0.4) is 0 Å². The molecule has 1 aromatic carbocycles. The Hall–Kier alpha value is -2.12. The standard InChI is InChI=1S/C12H6F6N2/c13-11(14,15)8-4-7(10-2-1-3-19-20-10)5-9(6-8)12(16,17)18/h1-6H. The molecule has 1 heterocycles. The maximum Gasteiger partial charge on any atom is 0.416 e. The van der Waals surface area contributed by atoms with Gasteiger partial charge in [-0.05, 0) is 30.3 Å². The molecule has 0 saturated heterocycles. The summed E-state index contributed by atoms with van der Waals surface area (Å²) in [6.45, 7) is 0. The molecule has 0 radical (unpaired) electrons. The Morgan fingerprint density at radius 3 is 1.75 bits per heavy atom. The minimum absolute atomic E-state index is 0.0656. The van der Waals surface area contributed by atoms with E-state index in [2.05, 4.69) is 10.2 Å². The molecule has 0 unspecified atom stereocenters. The van der Waals surface area contributed by atoms with Crippen molar-refractivity contribution in [1.29, 1.82) is 0 Å². The first-order valence-electron chi connectivity index (χ1n) is 5.25. The van der Waals surface area contributed by atoms with E-state index in [0.717, 1.165) is 0 Å². The highest BCUT2D eigenvalue weighted by Gasteiger charge is 2.37. The summed E-state index contributed by atoms with van der Waals surface area (Å²) in [6, 6.07) is 3.94. The van der Waals surface area contributed by atoms with Gasteiger partial charge in [-0.1, -0.05) is 0 Å². The smallest absolute Gasteiger partial charge is 0.166 e. The van der Waals surface area contributed by atoms with Crippen molar-refractivity contribution in [1.82, 2.24) is 10.2 Å². The molecule has 1 aromatic heterocycles. The summed E-state index contributed by atoms with van der Waals surface area (Å²) in [5, 5.41) is 6.94. The fourth-order valence-corrected chi connectivity index (χ4v) is 1.56. The third-order valence-corrected chi connectivity index (χ3v) is 2.46. The molecule has 0 saturated carbocycles. The predicted molar refractivity (Wildman–Crippen MR) is 57.5 cm³/mol. The zero-order chi connectivity index (χ0) is 15.0. The number of aromatic nitrogens is 2. The Morgan fingerprint density at radius 1 is 0.800 bits per heavy atom. The quantitative estimate of drug-likeness (QED) is 0.737. The molecule has 0 bridgehead atoms. The van der Waals surface area contributed by atoms with Gasteiger partial charge in [0.05, 0.1) is 16.8 Å². The van der Waals surface area contributed by atoms with Crippen LogP contribution < -0.4 is 0 Å². The van der Waals surface area contributed by atoms with Crippen LogP contribution in [0, 0.1) is 0 Å². The molecule has 2 nitrogen and oxygen atoms in total. The molecule has 0 spiro atoms. The SMILES string of the molecule is FC(F)(F)c1cc(-c2cccnn2)cc(C(F)(F)F)c1. The van der Waals surface area contributed by atoms with Crippen molar-refractivity contribution in [2.24, 2.45) is 0 Å². The molecule has 0 fully saturated rings. The van der Waals surface area contributed by atoms with Gasteiger partial charge < -0.3 is 0 Å². The summed E-state index contributed by atoms with van der Waals surface area (Å²) in [7, 11) is 0. The van der Waals surface area contributed by atoms with Crippen molar-refractivity contribution in [3.05, 3.63) is 47.7 Å². The highest BCUT2D eigenvalue weighted by Crippen LogP contribution is 2.38. The average molecular weight is 292 g/mol. The number of hydrogen-bond acceptors (Lipinski definition) is 2. The zero-order valence-corrected chi connectivity index (χ0v) is 9.63. The third-order valence-electron chi connectivity index (χ3n) is 2.46. The van der Waals surface area contributed by atoms with Crippen LogP contribution in [0.2, 0.25) is 0 Å². The van der Waals surface area contributed by atoms with E-state index in [1.54, 1.807) is 0 Å². The minimum Gasteiger partial charge on any atom is -0.166 e. The van der Waals surface area contributed by atoms with Crippen LogP contribution >= 0.6 is 0 Å². The lowest BCUT2D eigenvalue weighted by molar-refractivity contribution is -0.143. The largest absolute Gasteiger partial charge is 0.416 e. The first kappa shape index (κ1) is 14.3. The fraction of sp³-hybridized carbons (Fsp3) is 0.167. The normalized spacial score (nSPS) is 12.5. The highest BCUT2D eigenvalue weighted by atomic mass is 19.4. The highest BCUT2D eigenvalue weighted by molar-refractivity contribution is 5.61. The van der Waals surface area contributed by atoms with Gasteiger partial charge in [0.25, 0.3) is 0 Å². The van der Waals surface area contributed by atoms with E-state index < -0.39 is 23.5 Å². The molecule has 0 aliphatic rings. The van der Waals surface area contributed by atoms with Gasteiger partial charge in [0.2, 0.25) is 0 Å². The minimum atomic E-state index is -4.88. The van der Waals surface area contributed by atoms with Gasteiger partial charge >= 0.3 is 12.4 Å². The van der Waals surface area contributed by atoms with Gasteiger partial charge in [-0.25, -0.2) is 0 Å². The Bertz CT molecular complexity index is 571. The van der Waals surface area contributed by atoms with E-state index in [1.807, 2.05) is 0 Å². The fourth-order valence-electron chi connectivity index (χ4n) is 1.56. The Balaban J connectivity index is 2.64. The number of rotatable bonds is 1. The van der Waals surface area contributed by atoms with Gasteiger partial charge in [-0.3, -0.25) is 0 Å². The van der Waals surface area contributed by atoms with Crippen LogP contribution in [-0.4, -0.2) is 10.2 Å². The van der Waals surface area contributed by atoms with E-state index in [4.69, 9.17) is 0 Å². The van der Waals surface area contributed by atoms with E-state index in [0.29, 0.717) is 12.1 Å². The molecule has 106 valence electrons. The van der Waals surface area contributed by atoms with E-state index >= 15 is 0 Å². The Kier molecular flexibility index (Phi) is 3.41. The molecule has 0 amide bonds. The van der Waals surface area contributed by atoms with Crippen LogP contribution in [-0.2, 0) is 12.4 Å². The van der Waals surface area contributed by atoms with Gasteiger partial charge in [-0.2, -0.15) is 36.5 Å². The van der Waals surface area contributed by atoms with Crippen LogP contribution in [0.1, 0.15) is 11.1 Å². The second-order valence-corrected chi connectivity index (χ2v) is 3.90. The van der Waals surface area contributed by atoms with Crippen LogP contribution in [0.25, 0.3) is 11.3 Å².